The smallest absolute Gasteiger partial charge is 0.239 e. The minimum atomic E-state index is -1.43. The van der Waals surface area contributed by atoms with E-state index in [2.05, 4.69) is 26.6 Å². The van der Waals surface area contributed by atoms with E-state index in [9.17, 15) is 39.0 Å². The highest BCUT2D eigenvalue weighted by Gasteiger charge is 2.42. The number of rotatable bonds is 15. The Bertz CT molecular complexity index is 1380. The standard InChI is InChI=1S/C28H33N5O10/c1-15-3-4-17(9-16(15)2)26-27(25(41)24-19(37)10-18(36)11-20(24)42-26)43-28(32-13-22(39)30-6-8-35)33-14-23(40)31-12-21(38)29-5-7-34/h3-4,7-11,26-28,32-33,36-37H,5-6,12-14H2,1-2H3,(H,29,38)(H,30,39)(H,31,40). The largest absolute Gasteiger partial charge is 0.508 e. The fraction of sp³-hybridized carbons (Fsp3) is 0.357. The number of ketones is 1. The molecule has 1 aliphatic heterocycles. The van der Waals surface area contributed by atoms with E-state index >= 15 is 0 Å². The number of aldehydes is 2. The molecule has 0 bridgehead atoms. The van der Waals surface area contributed by atoms with Crippen LogP contribution < -0.4 is 31.3 Å². The number of fused-ring (bicyclic) bond motifs is 1. The van der Waals surface area contributed by atoms with Gasteiger partial charge in [0, 0.05) is 12.1 Å². The minimum Gasteiger partial charge on any atom is -0.508 e. The molecule has 0 radical (unpaired) electrons. The molecule has 1 aliphatic rings. The third-order valence-corrected chi connectivity index (χ3v) is 6.35. The number of carbonyl (C=O) groups is 6. The van der Waals surface area contributed by atoms with Crippen LogP contribution in [0.25, 0.3) is 0 Å². The van der Waals surface area contributed by atoms with Gasteiger partial charge in [-0.15, -0.1) is 0 Å². The Kier molecular flexibility index (Phi) is 11.7. The Morgan fingerprint density at radius 3 is 2.09 bits per heavy atom. The van der Waals surface area contributed by atoms with Crippen molar-refractivity contribution in [2.24, 2.45) is 0 Å². The van der Waals surface area contributed by atoms with Crippen LogP contribution in [0.15, 0.2) is 30.3 Å². The lowest BCUT2D eigenvalue weighted by Crippen LogP contribution is -2.55. The Labute approximate surface area is 246 Å². The predicted molar refractivity (Wildman–Crippen MR) is 149 cm³/mol. The number of aromatic hydroxyl groups is 2. The first-order valence-electron chi connectivity index (χ1n) is 13.2. The SMILES string of the molecule is Cc1ccc(C2Oc3cc(O)cc(O)c3C(=O)C2OC(NCC(=O)NCC=O)NCC(=O)NCC(=O)NCC=O)cc1C. The van der Waals surface area contributed by atoms with E-state index in [4.69, 9.17) is 9.47 Å². The molecule has 7 N–H and O–H groups in total. The molecule has 0 aromatic heterocycles. The third kappa shape index (κ3) is 9.06. The fourth-order valence-corrected chi connectivity index (χ4v) is 4.09. The number of phenolic OH excluding ortho intramolecular Hbond substituents is 2. The lowest BCUT2D eigenvalue weighted by Gasteiger charge is -2.35. The van der Waals surface area contributed by atoms with Crippen molar-refractivity contribution < 1.29 is 48.5 Å². The molecule has 1 heterocycles. The average molecular weight is 600 g/mol. The number of hydrogen-bond donors (Lipinski definition) is 7. The van der Waals surface area contributed by atoms with Gasteiger partial charge in [0.1, 0.15) is 35.4 Å². The molecule has 3 amide bonds. The van der Waals surface area contributed by atoms with E-state index in [0.717, 1.165) is 17.2 Å². The number of nitrogens with one attached hydrogen (secondary N) is 5. The summed E-state index contributed by atoms with van der Waals surface area (Å²) in [5, 5.41) is 32.8. The number of aryl methyl sites for hydroxylation is 2. The van der Waals surface area contributed by atoms with Crippen molar-refractivity contribution in [3.8, 4) is 17.2 Å². The van der Waals surface area contributed by atoms with Crippen molar-refractivity contribution >= 4 is 36.1 Å². The third-order valence-electron chi connectivity index (χ3n) is 6.35. The van der Waals surface area contributed by atoms with Crippen LogP contribution in [0.5, 0.6) is 17.2 Å². The van der Waals surface area contributed by atoms with Gasteiger partial charge in [-0.2, -0.15) is 0 Å². The van der Waals surface area contributed by atoms with Gasteiger partial charge in [-0.05, 0) is 30.5 Å². The number of benzene rings is 2. The molecule has 15 heteroatoms. The molecule has 3 unspecified atom stereocenters. The summed E-state index contributed by atoms with van der Waals surface area (Å²) < 4.78 is 12.1. The van der Waals surface area contributed by atoms with Gasteiger partial charge in [0.2, 0.25) is 23.5 Å². The van der Waals surface area contributed by atoms with E-state index in [1.54, 1.807) is 12.1 Å². The zero-order valence-electron chi connectivity index (χ0n) is 23.5. The Morgan fingerprint density at radius 2 is 1.49 bits per heavy atom. The number of amides is 3. The normalized spacial score (nSPS) is 16.3. The topological polar surface area (TPSA) is 221 Å². The number of ether oxygens (including phenoxy) is 2. The van der Waals surface area contributed by atoms with Crippen LogP contribution in [0.3, 0.4) is 0 Å². The molecule has 0 saturated carbocycles. The van der Waals surface area contributed by atoms with Crippen LogP contribution in [0.1, 0.15) is 33.2 Å². The Morgan fingerprint density at radius 1 is 0.884 bits per heavy atom. The fourth-order valence-electron chi connectivity index (χ4n) is 4.09. The summed E-state index contributed by atoms with van der Waals surface area (Å²) >= 11 is 0. The highest BCUT2D eigenvalue weighted by atomic mass is 16.6. The van der Waals surface area contributed by atoms with Crippen molar-refractivity contribution in [2.45, 2.75) is 32.4 Å². The van der Waals surface area contributed by atoms with E-state index in [0.29, 0.717) is 18.1 Å². The van der Waals surface area contributed by atoms with Gasteiger partial charge in [-0.1, -0.05) is 18.2 Å². The van der Waals surface area contributed by atoms with Gasteiger partial charge in [-0.25, -0.2) is 0 Å². The van der Waals surface area contributed by atoms with Gasteiger partial charge < -0.3 is 45.2 Å². The van der Waals surface area contributed by atoms with Crippen molar-refractivity contribution in [2.75, 3.05) is 32.7 Å². The molecule has 0 spiro atoms. The molecular formula is C28H33N5O10. The second-order valence-electron chi connectivity index (χ2n) is 9.50. The van der Waals surface area contributed by atoms with Gasteiger partial charge in [-0.3, -0.25) is 29.8 Å². The summed E-state index contributed by atoms with van der Waals surface area (Å²) in [4.78, 5) is 70.9. The van der Waals surface area contributed by atoms with E-state index in [1.807, 2.05) is 19.9 Å². The van der Waals surface area contributed by atoms with Crippen molar-refractivity contribution in [1.82, 2.24) is 26.6 Å². The summed E-state index contributed by atoms with van der Waals surface area (Å²) in [6.07, 6.45) is -2.86. The molecule has 2 aromatic rings. The Hall–Kier alpha value is -4.86. The average Bonchev–Trinajstić information content (AvgIpc) is 2.97. The lowest BCUT2D eigenvalue weighted by molar-refractivity contribution is -0.127. The highest BCUT2D eigenvalue weighted by Crippen LogP contribution is 2.43. The number of hydrogen-bond acceptors (Lipinski definition) is 12. The van der Waals surface area contributed by atoms with Gasteiger partial charge in [0.25, 0.3) is 0 Å². The van der Waals surface area contributed by atoms with Crippen LogP contribution in [-0.2, 0) is 28.7 Å². The molecule has 0 saturated heterocycles. The van der Waals surface area contributed by atoms with Gasteiger partial charge in [0.15, 0.2) is 18.6 Å². The maximum absolute atomic E-state index is 13.7. The van der Waals surface area contributed by atoms with Crippen molar-refractivity contribution in [3.05, 3.63) is 52.6 Å². The summed E-state index contributed by atoms with van der Waals surface area (Å²) in [6.45, 7) is 2.08. The first-order valence-corrected chi connectivity index (χ1v) is 13.2. The monoisotopic (exact) mass is 599 g/mol. The zero-order valence-corrected chi connectivity index (χ0v) is 23.5. The molecular weight excluding hydrogens is 566 g/mol. The van der Waals surface area contributed by atoms with Crippen LogP contribution >= 0.6 is 0 Å². The van der Waals surface area contributed by atoms with Crippen LogP contribution in [-0.4, -0.2) is 91.5 Å². The Balaban J connectivity index is 1.86. The molecule has 43 heavy (non-hydrogen) atoms. The summed E-state index contributed by atoms with van der Waals surface area (Å²) in [5.74, 6) is -3.46. The second kappa shape index (κ2) is 15.4. The molecule has 15 nitrogen and oxygen atoms in total. The number of Topliss-reactive ketones (excluding diaryl/α,β-unsaturated/α-hetero) is 1. The molecule has 3 rings (SSSR count). The molecule has 3 atom stereocenters. The van der Waals surface area contributed by atoms with Crippen LogP contribution in [0, 0.1) is 13.8 Å². The van der Waals surface area contributed by atoms with Gasteiger partial charge in [0.05, 0.1) is 32.7 Å². The molecule has 0 aliphatic carbocycles. The molecule has 0 fully saturated rings. The molecule has 2 aromatic carbocycles. The van der Waals surface area contributed by atoms with Crippen molar-refractivity contribution in [1.29, 1.82) is 0 Å². The van der Waals surface area contributed by atoms with E-state index in [-0.39, 0.29) is 30.2 Å². The second-order valence-corrected chi connectivity index (χ2v) is 9.50. The maximum atomic E-state index is 13.7. The highest BCUT2D eigenvalue weighted by molar-refractivity contribution is 6.05. The summed E-state index contributed by atoms with van der Waals surface area (Å²) in [6, 6.07) is 7.53. The summed E-state index contributed by atoms with van der Waals surface area (Å²) in [7, 11) is 0. The maximum Gasteiger partial charge on any atom is 0.239 e. The quantitative estimate of drug-likeness (QED) is 0.0930. The van der Waals surface area contributed by atoms with E-state index in [1.165, 1.54) is 6.07 Å². The minimum absolute atomic E-state index is 0.0662. The predicted octanol–water partition coefficient (Wildman–Crippen LogP) is -1.37. The summed E-state index contributed by atoms with van der Waals surface area (Å²) in [5.41, 5.74) is 2.18. The lowest BCUT2D eigenvalue weighted by atomic mass is 9.91. The van der Waals surface area contributed by atoms with Crippen LogP contribution in [0.2, 0.25) is 0 Å². The van der Waals surface area contributed by atoms with Crippen LogP contribution in [0.4, 0.5) is 0 Å². The van der Waals surface area contributed by atoms with Crippen molar-refractivity contribution in [3.63, 3.8) is 0 Å². The zero-order chi connectivity index (χ0) is 31.5. The first-order chi connectivity index (χ1) is 20.5. The van der Waals surface area contributed by atoms with E-state index < -0.39 is 67.4 Å². The molecule has 230 valence electrons. The number of phenols is 2. The van der Waals surface area contributed by atoms with Gasteiger partial charge >= 0.3 is 0 Å². The number of carbonyl (C=O) groups excluding carboxylic acids is 6. The first kappa shape index (κ1) is 32.7.